The van der Waals surface area contributed by atoms with Crippen molar-refractivity contribution >= 4 is 51.0 Å². The molecule has 0 spiro atoms. The molecule has 1 aromatic carbocycles. The molecule has 1 N–H and O–H groups in total. The molecule has 1 aliphatic heterocycles. The fourth-order valence-corrected chi connectivity index (χ4v) is 5.57. The first kappa shape index (κ1) is 33.8. The zero-order valence-corrected chi connectivity index (χ0v) is 28.6. The van der Waals surface area contributed by atoms with Crippen LogP contribution in [0.15, 0.2) is 60.8 Å². The molecule has 15 heteroatoms. The van der Waals surface area contributed by atoms with E-state index in [0.717, 1.165) is 11.9 Å². The number of halogens is 1. The largest absolute Gasteiger partial charge is 0.353 e. The van der Waals surface area contributed by atoms with Crippen molar-refractivity contribution in [1.82, 2.24) is 24.6 Å². The molecule has 0 radical (unpaired) electrons. The van der Waals surface area contributed by atoms with Crippen LogP contribution in [0.1, 0.15) is 48.2 Å². The minimum atomic E-state index is -4.15. The Morgan fingerprint density at radius 3 is 2.30 bits per heavy atom. The summed E-state index contributed by atoms with van der Waals surface area (Å²) in [6.07, 6.45) is 2.43. The van der Waals surface area contributed by atoms with Crippen LogP contribution >= 0.6 is 11.6 Å². The molecule has 47 heavy (non-hydrogen) atoms. The van der Waals surface area contributed by atoms with E-state index in [4.69, 9.17) is 20.9 Å². The maximum atomic E-state index is 13.8. The van der Waals surface area contributed by atoms with E-state index in [9.17, 15) is 18.0 Å². The van der Waals surface area contributed by atoms with E-state index in [2.05, 4.69) is 20.3 Å². The standard InChI is InChI=1S/C32H37ClN8O5S/c1-21-11-12-23(20-34-21)40-29(19-27(37-40)32(3,4)5)41(46-47(6,44)45)31(43)36-26-13-14-28(35-22(26)2)38-15-17-39(18-16-38)30(42)24-9-7-8-10-25(24)33/h7-14,19-20H,15-18H2,1-6H3,(H,36,43). The van der Waals surface area contributed by atoms with E-state index in [1.54, 1.807) is 72.6 Å². The van der Waals surface area contributed by atoms with Gasteiger partial charge in [0.05, 0.1) is 45.8 Å². The van der Waals surface area contributed by atoms with Gasteiger partial charge in [-0.3, -0.25) is 9.78 Å². The first-order valence-electron chi connectivity index (χ1n) is 14.9. The monoisotopic (exact) mass is 680 g/mol. The molecule has 0 saturated carbocycles. The van der Waals surface area contributed by atoms with E-state index < -0.39 is 21.6 Å². The maximum absolute atomic E-state index is 13.8. The quantitative estimate of drug-likeness (QED) is 0.263. The summed E-state index contributed by atoms with van der Waals surface area (Å²) in [7, 11) is -4.15. The van der Waals surface area contributed by atoms with Crippen molar-refractivity contribution in [3.8, 4) is 5.69 Å². The third kappa shape index (κ3) is 7.89. The minimum absolute atomic E-state index is 0.0648. The van der Waals surface area contributed by atoms with Crippen LogP contribution < -0.4 is 15.3 Å². The fraction of sp³-hybridized carbons (Fsp3) is 0.344. The molecule has 3 aromatic heterocycles. The summed E-state index contributed by atoms with van der Waals surface area (Å²) >= 11 is 6.23. The topological polar surface area (TPSA) is 143 Å². The van der Waals surface area contributed by atoms with Gasteiger partial charge in [-0.2, -0.15) is 13.5 Å². The highest BCUT2D eigenvalue weighted by Gasteiger charge is 2.31. The van der Waals surface area contributed by atoms with Crippen molar-refractivity contribution in [1.29, 1.82) is 0 Å². The molecule has 5 rings (SSSR count). The molecule has 248 valence electrons. The number of amides is 3. The van der Waals surface area contributed by atoms with Crippen molar-refractivity contribution in [3.05, 3.63) is 88.5 Å². The van der Waals surface area contributed by atoms with Gasteiger partial charge in [0.25, 0.3) is 16.0 Å². The van der Waals surface area contributed by atoms with Crippen LogP contribution in [-0.2, 0) is 19.8 Å². The van der Waals surface area contributed by atoms with Gasteiger partial charge in [-0.25, -0.2) is 14.5 Å². The van der Waals surface area contributed by atoms with E-state index in [1.807, 2.05) is 27.7 Å². The van der Waals surface area contributed by atoms with Crippen LogP contribution in [0.25, 0.3) is 5.69 Å². The molecule has 0 atom stereocenters. The number of nitrogens with one attached hydrogen (secondary N) is 1. The van der Waals surface area contributed by atoms with Crippen molar-refractivity contribution in [3.63, 3.8) is 0 Å². The van der Waals surface area contributed by atoms with E-state index in [-0.39, 0.29) is 11.7 Å². The molecule has 1 aliphatic rings. The van der Waals surface area contributed by atoms with E-state index >= 15 is 0 Å². The van der Waals surface area contributed by atoms with Gasteiger partial charge < -0.3 is 15.1 Å². The normalized spacial score (nSPS) is 13.9. The lowest BCUT2D eigenvalue weighted by Gasteiger charge is -2.35. The van der Waals surface area contributed by atoms with Crippen LogP contribution in [0.2, 0.25) is 5.02 Å². The highest BCUT2D eigenvalue weighted by molar-refractivity contribution is 7.86. The van der Waals surface area contributed by atoms with Crippen molar-refractivity contribution < 1.29 is 22.3 Å². The molecular formula is C32H37ClN8O5S. The summed E-state index contributed by atoms with van der Waals surface area (Å²) in [6, 6.07) is 14.7. The zero-order valence-electron chi connectivity index (χ0n) is 27.1. The van der Waals surface area contributed by atoms with Gasteiger partial charge in [0, 0.05) is 43.4 Å². The number of urea groups is 1. The molecule has 4 heterocycles. The average Bonchev–Trinajstić information content (AvgIpc) is 3.47. The molecule has 0 aliphatic carbocycles. The summed E-state index contributed by atoms with van der Waals surface area (Å²) < 4.78 is 31.4. The summed E-state index contributed by atoms with van der Waals surface area (Å²) in [5, 5.41) is 8.49. The Hall–Kier alpha value is -4.53. The first-order chi connectivity index (χ1) is 22.1. The zero-order chi connectivity index (χ0) is 34.1. The number of benzene rings is 1. The number of carbonyl (C=O) groups is 2. The van der Waals surface area contributed by atoms with Crippen LogP contribution in [0, 0.1) is 13.8 Å². The van der Waals surface area contributed by atoms with Gasteiger partial charge in [-0.1, -0.05) is 44.5 Å². The van der Waals surface area contributed by atoms with Crippen molar-refractivity contribution in [2.24, 2.45) is 0 Å². The number of piperazine rings is 1. The number of pyridine rings is 2. The van der Waals surface area contributed by atoms with Gasteiger partial charge in [-0.15, -0.1) is 9.35 Å². The van der Waals surface area contributed by atoms with Gasteiger partial charge >= 0.3 is 6.03 Å². The number of rotatable bonds is 7. The summed E-state index contributed by atoms with van der Waals surface area (Å²) in [5.74, 6) is 0.622. The maximum Gasteiger partial charge on any atom is 0.353 e. The molecular weight excluding hydrogens is 644 g/mol. The predicted octanol–water partition coefficient (Wildman–Crippen LogP) is 5.12. The number of aromatic nitrogens is 4. The van der Waals surface area contributed by atoms with Gasteiger partial charge in [-0.05, 0) is 50.2 Å². The number of hydrogen-bond donors (Lipinski definition) is 1. The molecule has 4 aromatic rings. The minimum Gasteiger partial charge on any atom is -0.353 e. The molecule has 3 amide bonds. The summed E-state index contributed by atoms with van der Waals surface area (Å²) in [4.78, 5) is 39.6. The molecule has 1 saturated heterocycles. The summed E-state index contributed by atoms with van der Waals surface area (Å²) in [6.45, 7) is 11.5. The molecule has 1 fully saturated rings. The van der Waals surface area contributed by atoms with E-state index in [0.29, 0.717) is 70.4 Å². The molecule has 0 bridgehead atoms. The Balaban J connectivity index is 1.36. The Bertz CT molecular complexity index is 1900. The second-order valence-electron chi connectivity index (χ2n) is 12.3. The predicted molar refractivity (Wildman–Crippen MR) is 181 cm³/mol. The average molecular weight is 681 g/mol. The third-order valence-corrected chi connectivity index (χ3v) is 8.26. The van der Waals surface area contributed by atoms with Crippen molar-refractivity contribution in [2.45, 2.75) is 40.0 Å². The molecule has 13 nitrogen and oxygen atoms in total. The van der Waals surface area contributed by atoms with Crippen LogP contribution in [0.5, 0.6) is 0 Å². The van der Waals surface area contributed by atoms with Gasteiger partial charge in [0.15, 0.2) is 5.82 Å². The number of aryl methyl sites for hydroxylation is 2. The lowest BCUT2D eigenvalue weighted by molar-refractivity contribution is 0.0746. The van der Waals surface area contributed by atoms with Gasteiger partial charge in [0.2, 0.25) is 0 Å². The number of anilines is 3. The SMILES string of the molecule is Cc1ccc(-n2nc(C(C)(C)C)cc2N(OS(C)(=O)=O)C(=O)Nc2ccc(N3CCN(C(=O)c4ccccc4Cl)CC3)nc2C)cn1. The van der Waals surface area contributed by atoms with E-state index in [1.165, 1.54) is 4.68 Å². The first-order valence-corrected chi connectivity index (χ1v) is 17.1. The van der Waals surface area contributed by atoms with Gasteiger partial charge in [0.1, 0.15) is 5.82 Å². The van der Waals surface area contributed by atoms with Crippen LogP contribution in [0.4, 0.5) is 22.1 Å². The summed E-state index contributed by atoms with van der Waals surface area (Å²) in [5.41, 5.74) is 2.77. The lowest BCUT2D eigenvalue weighted by atomic mass is 9.92. The van der Waals surface area contributed by atoms with Crippen LogP contribution in [-0.4, -0.2) is 77.4 Å². The van der Waals surface area contributed by atoms with Crippen molar-refractivity contribution in [2.75, 3.05) is 47.7 Å². The molecule has 0 unspecified atom stereocenters. The highest BCUT2D eigenvalue weighted by atomic mass is 35.5. The lowest BCUT2D eigenvalue weighted by Crippen LogP contribution is -2.49. The number of hydrogen-bond acceptors (Lipinski definition) is 9. The Morgan fingerprint density at radius 1 is 1.00 bits per heavy atom. The highest BCUT2D eigenvalue weighted by Crippen LogP contribution is 2.30. The third-order valence-electron chi connectivity index (χ3n) is 7.51. The fourth-order valence-electron chi connectivity index (χ4n) is 4.93. The number of carbonyl (C=O) groups excluding carboxylic acids is 2. The smallest absolute Gasteiger partial charge is 0.353 e. The Kier molecular flexibility index (Phi) is 9.57. The Morgan fingerprint density at radius 2 is 1.70 bits per heavy atom. The number of nitrogens with zero attached hydrogens (tertiary/aromatic N) is 7. The number of hydroxylamine groups is 1. The second-order valence-corrected chi connectivity index (χ2v) is 14.2. The van der Waals surface area contributed by atoms with Crippen LogP contribution in [0.3, 0.4) is 0 Å². The second kappa shape index (κ2) is 13.3. The Labute approximate surface area is 279 Å².